The Labute approximate surface area is 91.6 Å². The lowest BCUT2D eigenvalue weighted by molar-refractivity contribution is 1.17. The van der Waals surface area contributed by atoms with Gasteiger partial charge in [-0.05, 0) is 0 Å². The maximum atomic E-state index is 4.35. The highest BCUT2D eigenvalue weighted by Gasteiger charge is 2.21. The molecule has 1 saturated heterocycles. The van der Waals surface area contributed by atoms with Crippen molar-refractivity contribution in [1.82, 2.24) is 0 Å². The Balaban J connectivity index is 1.79. The molecule has 0 bridgehead atoms. The van der Waals surface area contributed by atoms with Crippen molar-refractivity contribution in [2.45, 2.75) is 10.5 Å². The summed E-state index contributed by atoms with van der Waals surface area (Å²) < 4.78 is 0. The quantitative estimate of drug-likeness (QED) is 0.319. The number of thioether (sulfide) groups is 1. The van der Waals surface area contributed by atoms with Crippen LogP contribution in [0.5, 0.6) is 0 Å². The van der Waals surface area contributed by atoms with E-state index in [1.807, 2.05) is 21.6 Å². The maximum absolute atomic E-state index is 4.35. The maximum Gasteiger partial charge on any atom is 0.0237 e. The van der Waals surface area contributed by atoms with Crippen molar-refractivity contribution < 1.29 is 0 Å². The summed E-state index contributed by atoms with van der Waals surface area (Å²) in [4.78, 5) is 0. The molecule has 0 aromatic heterocycles. The second-order valence-electron chi connectivity index (χ2n) is 2.36. The van der Waals surface area contributed by atoms with E-state index in [1.54, 1.807) is 0 Å². The largest absolute Gasteiger partial charge is 0.178 e. The Hall–Kier alpha value is 1.75. The Morgan fingerprint density at radius 3 is 2.82 bits per heavy atom. The average Bonchev–Trinajstić information content (AvgIpc) is 2.81. The van der Waals surface area contributed by atoms with Crippen LogP contribution in [0, 0.1) is 0 Å². The molecule has 1 aliphatic heterocycles. The van der Waals surface area contributed by atoms with Crippen molar-refractivity contribution in [2.75, 3.05) is 23.0 Å². The number of hydrogen-bond donors (Lipinski definition) is 2. The number of rotatable bonds is 6. The van der Waals surface area contributed by atoms with Crippen LogP contribution >= 0.6 is 58.6 Å². The molecule has 2 atom stereocenters. The van der Waals surface area contributed by atoms with Crippen molar-refractivity contribution in [1.29, 1.82) is 0 Å². The van der Waals surface area contributed by atoms with Gasteiger partial charge < -0.3 is 0 Å². The normalized spacial score (nSPS) is 25.1. The van der Waals surface area contributed by atoms with Crippen LogP contribution in [-0.2, 0) is 0 Å². The predicted octanol–water partition coefficient (Wildman–Crippen LogP) is 2.71. The van der Waals surface area contributed by atoms with Crippen molar-refractivity contribution in [2.24, 2.45) is 0 Å². The third-order valence-corrected chi connectivity index (χ3v) is 6.29. The first-order valence-electron chi connectivity index (χ1n) is 3.48. The molecule has 2 unspecified atom stereocenters. The summed E-state index contributed by atoms with van der Waals surface area (Å²) in [6.45, 7) is 0. The molecule has 11 heavy (non-hydrogen) atoms. The van der Waals surface area contributed by atoms with Gasteiger partial charge >= 0.3 is 0 Å². The lowest BCUT2D eigenvalue weighted by Crippen LogP contribution is -2.02. The van der Waals surface area contributed by atoms with Crippen molar-refractivity contribution in [3.05, 3.63) is 0 Å². The van der Waals surface area contributed by atoms with E-state index in [2.05, 4.69) is 37.0 Å². The minimum atomic E-state index is 0.461. The molecular weight excluding hydrogens is 232 g/mol. The van der Waals surface area contributed by atoms with Crippen molar-refractivity contribution >= 4 is 58.6 Å². The summed E-state index contributed by atoms with van der Waals surface area (Å²) in [5, 5.41) is 1.42. The molecule has 1 fully saturated rings. The lowest BCUT2D eigenvalue weighted by atomic mass is 10.6. The van der Waals surface area contributed by atoms with E-state index >= 15 is 0 Å². The summed E-state index contributed by atoms with van der Waals surface area (Å²) in [7, 11) is 3.91. The van der Waals surface area contributed by atoms with E-state index < -0.39 is 0 Å². The van der Waals surface area contributed by atoms with Crippen LogP contribution in [0.2, 0.25) is 0 Å². The number of thiol groups is 2. The highest BCUT2D eigenvalue weighted by Crippen LogP contribution is 2.36. The predicted molar refractivity (Wildman–Crippen MR) is 67.8 cm³/mol. The molecule has 1 heterocycles. The monoisotopic (exact) mass is 244 g/mol. The van der Waals surface area contributed by atoms with Gasteiger partial charge in [0.2, 0.25) is 0 Å². The molecule has 0 nitrogen and oxygen atoms in total. The van der Waals surface area contributed by atoms with Gasteiger partial charge in [-0.1, -0.05) is 21.6 Å². The fourth-order valence-electron chi connectivity index (χ4n) is 0.468. The van der Waals surface area contributed by atoms with Crippen LogP contribution in [0.15, 0.2) is 0 Å². The summed E-state index contributed by atoms with van der Waals surface area (Å²) in [5.41, 5.74) is 0. The zero-order valence-electron chi connectivity index (χ0n) is 6.10. The van der Waals surface area contributed by atoms with E-state index in [0.717, 1.165) is 16.8 Å². The first-order chi connectivity index (χ1) is 5.33. The van der Waals surface area contributed by atoms with Crippen LogP contribution in [-0.4, -0.2) is 33.5 Å². The number of hydrogen-bond acceptors (Lipinski definition) is 5. The summed E-state index contributed by atoms with van der Waals surface area (Å²) in [5.74, 6) is 4.69. The summed E-state index contributed by atoms with van der Waals surface area (Å²) in [6, 6.07) is 0. The van der Waals surface area contributed by atoms with Gasteiger partial charge in [-0.25, -0.2) is 0 Å². The molecule has 0 saturated carbocycles. The van der Waals surface area contributed by atoms with Gasteiger partial charge in [-0.3, -0.25) is 0 Å². The topological polar surface area (TPSA) is 0 Å². The Morgan fingerprint density at radius 2 is 2.27 bits per heavy atom. The molecule has 0 aromatic rings. The van der Waals surface area contributed by atoms with Gasteiger partial charge in [0.25, 0.3) is 0 Å². The Bertz CT molecular complexity index is 103. The van der Waals surface area contributed by atoms with E-state index in [0.29, 0.717) is 5.25 Å². The third-order valence-electron chi connectivity index (χ3n) is 1.21. The van der Waals surface area contributed by atoms with E-state index in [9.17, 15) is 0 Å². The van der Waals surface area contributed by atoms with Gasteiger partial charge in [0.15, 0.2) is 0 Å². The molecule has 0 radical (unpaired) electrons. The van der Waals surface area contributed by atoms with Crippen LogP contribution in [0.25, 0.3) is 0 Å². The Morgan fingerprint density at radius 1 is 1.55 bits per heavy atom. The Kier molecular flexibility index (Phi) is 6.14. The highest BCUT2D eigenvalue weighted by molar-refractivity contribution is 8.76. The van der Waals surface area contributed by atoms with Crippen LogP contribution in [0.4, 0.5) is 0 Å². The molecule has 1 rings (SSSR count). The smallest absolute Gasteiger partial charge is 0.0237 e. The summed E-state index contributed by atoms with van der Waals surface area (Å²) >= 11 is 10.6. The van der Waals surface area contributed by atoms with Gasteiger partial charge in [-0.15, -0.1) is 0 Å². The van der Waals surface area contributed by atoms with Gasteiger partial charge in [-0.2, -0.15) is 37.0 Å². The molecular formula is C6H12S5. The molecule has 0 N–H and O–H groups in total. The second kappa shape index (κ2) is 6.24. The molecule has 5 heteroatoms. The fraction of sp³-hybridized carbons (Fsp3) is 1.00. The van der Waals surface area contributed by atoms with Gasteiger partial charge in [0, 0.05) is 33.5 Å². The first-order valence-corrected chi connectivity index (χ1v) is 8.16. The molecule has 0 spiro atoms. The van der Waals surface area contributed by atoms with Gasteiger partial charge in [0.05, 0.1) is 0 Å². The van der Waals surface area contributed by atoms with Crippen LogP contribution in [0.3, 0.4) is 0 Å². The minimum Gasteiger partial charge on any atom is -0.178 e. The van der Waals surface area contributed by atoms with Crippen LogP contribution in [0.1, 0.15) is 0 Å². The van der Waals surface area contributed by atoms with E-state index in [-0.39, 0.29) is 0 Å². The standard InChI is InChI=1S/C6H12S5/c7-1-5(8)2-10-11-4-6-3-9-6/h5-8H,1-4H2. The molecule has 0 amide bonds. The molecule has 66 valence electrons. The fourth-order valence-corrected chi connectivity index (χ4v) is 4.85. The first kappa shape index (κ1) is 10.8. The van der Waals surface area contributed by atoms with Crippen LogP contribution < -0.4 is 0 Å². The minimum absolute atomic E-state index is 0.461. The molecule has 0 aliphatic carbocycles. The van der Waals surface area contributed by atoms with E-state index in [4.69, 9.17) is 0 Å². The van der Waals surface area contributed by atoms with Crippen molar-refractivity contribution in [3.63, 3.8) is 0 Å². The zero-order chi connectivity index (χ0) is 8.10. The third kappa shape index (κ3) is 5.91. The average molecular weight is 244 g/mol. The molecule has 0 aromatic carbocycles. The highest BCUT2D eigenvalue weighted by atomic mass is 33.1. The lowest BCUT2D eigenvalue weighted by Gasteiger charge is -2.04. The SMILES string of the molecule is SCC(S)CSSCC1CS1. The van der Waals surface area contributed by atoms with Crippen molar-refractivity contribution in [3.8, 4) is 0 Å². The summed E-state index contributed by atoms with van der Waals surface area (Å²) in [6.07, 6.45) is 0. The van der Waals surface area contributed by atoms with Gasteiger partial charge in [0.1, 0.15) is 0 Å². The zero-order valence-corrected chi connectivity index (χ0v) is 10.3. The van der Waals surface area contributed by atoms with E-state index in [1.165, 1.54) is 11.5 Å². The second-order valence-corrected chi connectivity index (χ2v) is 7.34. The molecule has 1 aliphatic rings.